The van der Waals surface area contributed by atoms with Crippen LogP contribution in [0.1, 0.15) is 47.5 Å². The van der Waals surface area contributed by atoms with E-state index in [0.29, 0.717) is 13.0 Å². The maximum absolute atomic E-state index is 9.30. The van der Waals surface area contributed by atoms with Crippen molar-refractivity contribution in [2.24, 2.45) is 0 Å². The summed E-state index contributed by atoms with van der Waals surface area (Å²) in [6.07, 6.45) is 3.07. The van der Waals surface area contributed by atoms with E-state index in [1.807, 2.05) is 6.92 Å². The summed E-state index contributed by atoms with van der Waals surface area (Å²) in [7, 11) is -1.94. The van der Waals surface area contributed by atoms with E-state index in [9.17, 15) is 5.26 Å². The van der Waals surface area contributed by atoms with Gasteiger partial charge < -0.3 is 13.9 Å². The summed E-state index contributed by atoms with van der Waals surface area (Å²) in [4.78, 5) is 0. The molecule has 2 rings (SSSR count). The Morgan fingerprint density at radius 2 is 2.09 bits per heavy atom. The molecule has 0 saturated carbocycles. The van der Waals surface area contributed by atoms with E-state index in [-0.39, 0.29) is 23.4 Å². The van der Waals surface area contributed by atoms with Gasteiger partial charge in [0.1, 0.15) is 11.7 Å². The van der Waals surface area contributed by atoms with Gasteiger partial charge in [-0.15, -0.1) is 0 Å². The standard InChI is InChI=1S/C18H31NO3Si/c1-13-8-11-20-14-12-15(22-23(6,7)17(2,3)4)18(5,9-10-19)21-16(13)14/h8,14-16H,9,11-12H2,1-7H3/t14-,15+,16+,18-/m0/s1. The lowest BCUT2D eigenvalue weighted by molar-refractivity contribution is -0.214. The van der Waals surface area contributed by atoms with Crippen molar-refractivity contribution in [2.45, 2.75) is 89.5 Å². The summed E-state index contributed by atoms with van der Waals surface area (Å²) < 4.78 is 18.9. The number of ether oxygens (including phenoxy) is 2. The van der Waals surface area contributed by atoms with Crippen LogP contribution in [0, 0.1) is 11.3 Å². The van der Waals surface area contributed by atoms with Crippen LogP contribution in [-0.2, 0) is 13.9 Å². The topological polar surface area (TPSA) is 51.5 Å². The third-order valence-corrected chi connectivity index (χ3v) is 10.2. The van der Waals surface area contributed by atoms with E-state index < -0.39 is 13.9 Å². The summed E-state index contributed by atoms with van der Waals surface area (Å²) >= 11 is 0. The number of nitriles is 1. The Morgan fingerprint density at radius 3 is 2.65 bits per heavy atom. The van der Waals surface area contributed by atoms with Crippen molar-refractivity contribution in [1.82, 2.24) is 0 Å². The highest BCUT2D eigenvalue weighted by molar-refractivity contribution is 6.74. The molecule has 2 aliphatic heterocycles. The second kappa shape index (κ2) is 6.32. The zero-order chi connectivity index (χ0) is 17.5. The average Bonchev–Trinajstić information content (AvgIpc) is 2.40. The fraction of sp³-hybridized carbons (Fsp3) is 0.833. The molecule has 0 bridgehead atoms. The molecule has 0 spiro atoms. The van der Waals surface area contributed by atoms with Crippen molar-refractivity contribution in [1.29, 1.82) is 5.26 Å². The van der Waals surface area contributed by atoms with Crippen LogP contribution in [-0.4, -0.2) is 38.8 Å². The highest BCUT2D eigenvalue weighted by atomic mass is 28.4. The van der Waals surface area contributed by atoms with E-state index in [2.05, 4.69) is 52.9 Å². The summed E-state index contributed by atoms with van der Waals surface area (Å²) in [5, 5.41) is 9.43. The van der Waals surface area contributed by atoms with Gasteiger partial charge in [0.05, 0.1) is 31.3 Å². The minimum atomic E-state index is -1.94. The summed E-state index contributed by atoms with van der Waals surface area (Å²) in [6.45, 7) is 15.9. The molecule has 0 aromatic rings. The molecule has 5 heteroatoms. The smallest absolute Gasteiger partial charge is 0.192 e. The predicted octanol–water partition coefficient (Wildman–Crippen LogP) is 4.18. The molecule has 2 heterocycles. The summed E-state index contributed by atoms with van der Waals surface area (Å²) in [6, 6.07) is 2.29. The van der Waals surface area contributed by atoms with Crippen LogP contribution < -0.4 is 0 Å². The maximum atomic E-state index is 9.30. The van der Waals surface area contributed by atoms with Crippen molar-refractivity contribution in [3.8, 4) is 6.07 Å². The Labute approximate surface area is 141 Å². The Morgan fingerprint density at radius 1 is 1.43 bits per heavy atom. The molecular weight excluding hydrogens is 306 g/mol. The zero-order valence-corrected chi connectivity index (χ0v) is 16.6. The van der Waals surface area contributed by atoms with Gasteiger partial charge in [0, 0.05) is 6.42 Å². The van der Waals surface area contributed by atoms with E-state index in [4.69, 9.17) is 13.9 Å². The second-order valence-electron chi connectivity index (χ2n) is 8.61. The molecule has 0 aromatic carbocycles. The Balaban J connectivity index is 2.27. The van der Waals surface area contributed by atoms with Gasteiger partial charge in [-0.1, -0.05) is 26.8 Å². The molecular formula is C18H31NO3Si. The first-order valence-electron chi connectivity index (χ1n) is 8.51. The SMILES string of the molecule is CC1=CCO[C@H]2C[C@@H](O[Si](C)(C)C(C)(C)C)[C@](C)(CC#N)O[C@H]12. The van der Waals surface area contributed by atoms with Gasteiger partial charge in [0.2, 0.25) is 0 Å². The highest BCUT2D eigenvalue weighted by Gasteiger charge is 2.51. The van der Waals surface area contributed by atoms with Crippen LogP contribution in [0.5, 0.6) is 0 Å². The fourth-order valence-electron chi connectivity index (χ4n) is 3.00. The first kappa shape index (κ1) is 18.7. The number of nitrogens with zero attached hydrogens (tertiary/aromatic N) is 1. The van der Waals surface area contributed by atoms with E-state index in [1.54, 1.807) is 0 Å². The molecule has 0 aliphatic carbocycles. The molecule has 0 amide bonds. The van der Waals surface area contributed by atoms with Crippen molar-refractivity contribution in [3.05, 3.63) is 11.6 Å². The second-order valence-corrected chi connectivity index (χ2v) is 13.4. The summed E-state index contributed by atoms with van der Waals surface area (Å²) in [5.41, 5.74) is 0.623. The Bertz CT molecular complexity index is 517. The summed E-state index contributed by atoms with van der Waals surface area (Å²) in [5.74, 6) is 0. The maximum Gasteiger partial charge on any atom is 0.192 e. The van der Waals surface area contributed by atoms with Gasteiger partial charge in [-0.2, -0.15) is 5.26 Å². The molecule has 4 nitrogen and oxygen atoms in total. The first-order valence-corrected chi connectivity index (χ1v) is 11.4. The van der Waals surface area contributed by atoms with Crippen molar-refractivity contribution >= 4 is 8.32 Å². The lowest BCUT2D eigenvalue weighted by Gasteiger charge is -2.51. The fourth-order valence-corrected chi connectivity index (χ4v) is 4.41. The molecule has 1 saturated heterocycles. The van der Waals surface area contributed by atoms with Crippen LogP contribution in [0.25, 0.3) is 0 Å². The van der Waals surface area contributed by atoms with Crippen LogP contribution in [0.2, 0.25) is 18.1 Å². The molecule has 0 aromatic heterocycles. The molecule has 0 N–H and O–H groups in total. The minimum absolute atomic E-state index is 0.0292. The monoisotopic (exact) mass is 337 g/mol. The van der Waals surface area contributed by atoms with E-state index >= 15 is 0 Å². The normalized spacial score (nSPS) is 35.2. The van der Waals surface area contributed by atoms with Gasteiger partial charge in [0.15, 0.2) is 8.32 Å². The van der Waals surface area contributed by atoms with Crippen LogP contribution >= 0.6 is 0 Å². The first-order chi connectivity index (χ1) is 10.5. The van der Waals surface area contributed by atoms with Crippen LogP contribution in [0.15, 0.2) is 11.6 Å². The van der Waals surface area contributed by atoms with E-state index in [0.717, 1.165) is 6.42 Å². The quantitative estimate of drug-likeness (QED) is 0.572. The molecule has 0 unspecified atom stereocenters. The lowest BCUT2D eigenvalue weighted by atomic mass is 9.84. The molecule has 4 atom stereocenters. The lowest BCUT2D eigenvalue weighted by Crippen LogP contribution is -2.60. The van der Waals surface area contributed by atoms with Gasteiger partial charge in [-0.3, -0.25) is 0 Å². The number of fused-ring (bicyclic) bond motifs is 1. The number of hydrogen-bond donors (Lipinski definition) is 0. The molecule has 0 radical (unpaired) electrons. The third-order valence-electron chi connectivity index (χ3n) is 5.70. The van der Waals surface area contributed by atoms with Gasteiger partial charge >= 0.3 is 0 Å². The third kappa shape index (κ3) is 3.71. The largest absolute Gasteiger partial charge is 0.411 e. The highest BCUT2D eigenvalue weighted by Crippen LogP contribution is 2.44. The van der Waals surface area contributed by atoms with Crippen LogP contribution in [0.3, 0.4) is 0 Å². The number of hydrogen-bond acceptors (Lipinski definition) is 4. The Hall–Kier alpha value is -0.673. The average molecular weight is 338 g/mol. The van der Waals surface area contributed by atoms with Crippen molar-refractivity contribution in [3.63, 3.8) is 0 Å². The van der Waals surface area contributed by atoms with Gasteiger partial charge in [-0.25, -0.2) is 0 Å². The molecule has 2 aliphatic rings. The molecule has 23 heavy (non-hydrogen) atoms. The molecule has 130 valence electrons. The van der Waals surface area contributed by atoms with E-state index in [1.165, 1.54) is 5.57 Å². The zero-order valence-electron chi connectivity index (χ0n) is 15.6. The Kier molecular flexibility index (Phi) is 5.13. The van der Waals surface area contributed by atoms with Gasteiger partial charge in [-0.05, 0) is 37.6 Å². The van der Waals surface area contributed by atoms with Crippen LogP contribution in [0.4, 0.5) is 0 Å². The molecule has 1 fully saturated rings. The van der Waals surface area contributed by atoms with Crippen molar-refractivity contribution in [2.75, 3.05) is 6.61 Å². The predicted molar refractivity (Wildman–Crippen MR) is 93.7 cm³/mol. The number of rotatable bonds is 3. The van der Waals surface area contributed by atoms with Gasteiger partial charge in [0.25, 0.3) is 0 Å². The minimum Gasteiger partial charge on any atom is -0.411 e. The van der Waals surface area contributed by atoms with Crippen molar-refractivity contribution < 1.29 is 13.9 Å².